The number of carbonyl (C=O) groups is 4. The molecule has 1 aliphatic heterocycles. The number of nitrogens with zero attached hydrogens (tertiary/aromatic N) is 7. The summed E-state index contributed by atoms with van der Waals surface area (Å²) < 4.78 is 17.7. The van der Waals surface area contributed by atoms with E-state index < -0.39 is 11.8 Å². The van der Waals surface area contributed by atoms with Gasteiger partial charge in [0.25, 0.3) is 11.8 Å². The fraction of sp³-hybridized carbons (Fsp3) is 0.350. The molecule has 4 aromatic heterocycles. The molecule has 5 heterocycles. The van der Waals surface area contributed by atoms with Crippen LogP contribution in [0.2, 0.25) is 0 Å². The lowest BCUT2D eigenvalue weighted by Crippen LogP contribution is -2.26. The number of rotatable bonds is 15. The third kappa shape index (κ3) is 7.23. The smallest absolute Gasteiger partial charge is 0.276 e. The number of aryl methyl sites for hydroxylation is 4. The van der Waals surface area contributed by atoms with Crippen LogP contribution in [0.3, 0.4) is 0 Å². The zero-order valence-electron chi connectivity index (χ0n) is 32.6. The maximum absolute atomic E-state index is 13.5. The van der Waals surface area contributed by atoms with Crippen LogP contribution in [0.25, 0.3) is 22.1 Å². The third-order valence-electron chi connectivity index (χ3n) is 10.6. The van der Waals surface area contributed by atoms with Crippen molar-refractivity contribution in [1.82, 2.24) is 39.1 Å². The van der Waals surface area contributed by atoms with Crippen molar-refractivity contribution in [3.63, 3.8) is 0 Å². The predicted molar refractivity (Wildman–Crippen MR) is 214 cm³/mol. The van der Waals surface area contributed by atoms with Crippen LogP contribution in [-0.4, -0.2) is 75.9 Å². The molecule has 4 amide bonds. The number of carbonyl (C=O) groups excluding carboxylic acids is 4. The molecule has 0 unspecified atom stereocenters. The molecule has 1 fully saturated rings. The van der Waals surface area contributed by atoms with E-state index in [1.54, 1.807) is 45.8 Å². The normalized spacial score (nSPS) is 15.5. The first kappa shape index (κ1) is 37.9. The highest BCUT2D eigenvalue weighted by molar-refractivity contribution is 6.05. The average molecular weight is 789 g/mol. The van der Waals surface area contributed by atoms with Gasteiger partial charge in [-0.05, 0) is 89.8 Å². The molecule has 58 heavy (non-hydrogen) atoms. The van der Waals surface area contributed by atoms with Crippen molar-refractivity contribution in [2.75, 3.05) is 23.8 Å². The average Bonchev–Trinajstić information content (AvgIpc) is 3.49. The Bertz CT molecular complexity index is 2660. The number of hydrogen-bond donors (Lipinski definition) is 5. The second kappa shape index (κ2) is 14.8. The number of primary amides is 2. The van der Waals surface area contributed by atoms with E-state index in [2.05, 4.69) is 43.0 Å². The lowest BCUT2D eigenvalue weighted by atomic mass is 10.0. The van der Waals surface area contributed by atoms with Gasteiger partial charge in [-0.1, -0.05) is 12.2 Å². The van der Waals surface area contributed by atoms with Gasteiger partial charge in [0.2, 0.25) is 23.7 Å². The highest BCUT2D eigenvalue weighted by Crippen LogP contribution is 2.50. The number of aromatic nitrogens is 8. The van der Waals surface area contributed by atoms with Crippen molar-refractivity contribution < 1.29 is 28.7 Å². The molecule has 8 rings (SSSR count). The summed E-state index contributed by atoms with van der Waals surface area (Å²) in [6, 6.07) is 9.57. The molecule has 7 N–H and O–H groups in total. The van der Waals surface area contributed by atoms with Crippen LogP contribution in [0, 0.1) is 19.3 Å². The summed E-state index contributed by atoms with van der Waals surface area (Å²) in [6.07, 6.45) is 7.39. The minimum atomic E-state index is -0.624. The van der Waals surface area contributed by atoms with E-state index >= 15 is 0 Å². The summed E-state index contributed by atoms with van der Waals surface area (Å²) in [5, 5.41) is 14.5. The van der Waals surface area contributed by atoms with Gasteiger partial charge in [-0.25, -0.2) is 9.97 Å². The number of imidazole rings is 2. The van der Waals surface area contributed by atoms with E-state index in [9.17, 15) is 19.2 Å². The van der Waals surface area contributed by atoms with Crippen LogP contribution in [-0.2, 0) is 13.1 Å². The number of hydrogen-bond acceptors (Lipinski definition) is 10. The summed E-state index contributed by atoms with van der Waals surface area (Å²) in [7, 11) is 0. The molecule has 300 valence electrons. The van der Waals surface area contributed by atoms with Crippen LogP contribution in [0.4, 0.5) is 11.9 Å². The zero-order valence-corrected chi connectivity index (χ0v) is 32.6. The van der Waals surface area contributed by atoms with Gasteiger partial charge in [-0.3, -0.25) is 43.7 Å². The zero-order chi connectivity index (χ0) is 40.9. The number of ether oxygens (including phenoxy) is 2. The molecule has 1 atom stereocenters. The number of amides is 4. The van der Waals surface area contributed by atoms with Crippen LogP contribution < -0.4 is 31.6 Å². The molecular formula is C40H44N12O6. The fourth-order valence-corrected chi connectivity index (χ4v) is 7.40. The summed E-state index contributed by atoms with van der Waals surface area (Å²) in [6.45, 7) is 9.15. The lowest BCUT2D eigenvalue weighted by molar-refractivity contribution is 0.0991. The van der Waals surface area contributed by atoms with Crippen LogP contribution in [0.1, 0.15) is 98.7 Å². The summed E-state index contributed by atoms with van der Waals surface area (Å²) in [4.78, 5) is 63.4. The van der Waals surface area contributed by atoms with E-state index in [1.165, 1.54) is 0 Å². The molecule has 6 aromatic rings. The third-order valence-corrected chi connectivity index (χ3v) is 10.6. The quantitative estimate of drug-likeness (QED) is 0.0891. The molecule has 0 bridgehead atoms. The van der Waals surface area contributed by atoms with E-state index in [0.29, 0.717) is 77.0 Å². The summed E-state index contributed by atoms with van der Waals surface area (Å²) in [5.74, 6) is -0.608. The van der Waals surface area contributed by atoms with Crippen LogP contribution in [0.15, 0.2) is 48.6 Å². The Morgan fingerprint density at radius 1 is 0.897 bits per heavy atom. The van der Waals surface area contributed by atoms with Gasteiger partial charge >= 0.3 is 0 Å². The largest absolute Gasteiger partial charge is 0.491 e. The van der Waals surface area contributed by atoms with Crippen molar-refractivity contribution in [2.24, 2.45) is 16.9 Å². The van der Waals surface area contributed by atoms with Gasteiger partial charge in [-0.15, -0.1) is 0 Å². The highest BCUT2D eigenvalue weighted by Gasteiger charge is 2.42. The summed E-state index contributed by atoms with van der Waals surface area (Å²) in [5.41, 5.74) is 16.0. The van der Waals surface area contributed by atoms with Gasteiger partial charge < -0.3 is 25.9 Å². The Morgan fingerprint density at radius 2 is 1.55 bits per heavy atom. The molecule has 1 aliphatic carbocycles. The molecule has 0 radical (unpaired) electrons. The molecule has 2 aliphatic rings. The number of benzene rings is 2. The standard InChI is InChI=1S/C40H44N12O6/c1-5-50-28(13-21(3)48-50)36(55)46-38-43-26-15-23(34(41)53)17-30(32(26)45-38)58-20-40(11-12-40)10-8-7-9-25-19-57-31-18-24(35(42)54)16-27-33(31)52(25)39(44-27)47-37(56)29-14-22(4)49-51(29)6-2/h7-8,13-18,25H,5-6,9-12,19-20H2,1-4H3,(H2,41,53)(H2,42,54)(H,44,47,56)(H2,43,45,46,55)/b8-7-/t25-/m0/s1. The Balaban J connectivity index is 0.977. The summed E-state index contributed by atoms with van der Waals surface area (Å²) >= 11 is 0. The van der Waals surface area contributed by atoms with E-state index in [4.69, 9.17) is 25.9 Å². The monoisotopic (exact) mass is 788 g/mol. The topological polar surface area (TPSA) is 245 Å². The van der Waals surface area contributed by atoms with E-state index in [-0.39, 0.29) is 47.0 Å². The number of nitrogens with two attached hydrogens (primary N) is 2. The molecule has 1 saturated carbocycles. The minimum Gasteiger partial charge on any atom is -0.491 e. The van der Waals surface area contributed by atoms with Gasteiger partial charge in [0.05, 0.1) is 35.1 Å². The molecule has 18 nitrogen and oxygen atoms in total. The van der Waals surface area contributed by atoms with Crippen molar-refractivity contribution >= 4 is 57.6 Å². The fourth-order valence-electron chi connectivity index (χ4n) is 7.40. The number of aromatic amines is 1. The molecule has 0 spiro atoms. The van der Waals surface area contributed by atoms with Gasteiger partial charge in [0.1, 0.15) is 40.5 Å². The van der Waals surface area contributed by atoms with Crippen molar-refractivity contribution in [3.05, 3.63) is 82.5 Å². The van der Waals surface area contributed by atoms with E-state index in [0.717, 1.165) is 30.7 Å². The Kier molecular flexibility index (Phi) is 9.70. The predicted octanol–water partition coefficient (Wildman–Crippen LogP) is 4.79. The highest BCUT2D eigenvalue weighted by atomic mass is 16.5. The molecular weight excluding hydrogens is 745 g/mol. The first-order chi connectivity index (χ1) is 27.8. The first-order valence-electron chi connectivity index (χ1n) is 19.2. The van der Waals surface area contributed by atoms with E-state index in [1.807, 2.05) is 32.3 Å². The van der Waals surface area contributed by atoms with Gasteiger partial charge in [0.15, 0.2) is 0 Å². The number of nitrogens with one attached hydrogen (secondary N) is 3. The maximum atomic E-state index is 13.5. The Morgan fingerprint density at radius 3 is 2.19 bits per heavy atom. The number of anilines is 2. The maximum Gasteiger partial charge on any atom is 0.276 e. The van der Waals surface area contributed by atoms with Crippen molar-refractivity contribution in [1.29, 1.82) is 0 Å². The van der Waals surface area contributed by atoms with Crippen molar-refractivity contribution in [3.8, 4) is 11.5 Å². The second-order valence-electron chi connectivity index (χ2n) is 14.9. The first-order valence-corrected chi connectivity index (χ1v) is 19.2. The van der Waals surface area contributed by atoms with Crippen LogP contribution >= 0.6 is 0 Å². The van der Waals surface area contributed by atoms with Gasteiger partial charge in [-0.2, -0.15) is 10.2 Å². The van der Waals surface area contributed by atoms with Crippen LogP contribution in [0.5, 0.6) is 11.5 Å². The molecule has 18 heteroatoms. The number of H-pyrrole nitrogens is 1. The number of fused-ring (bicyclic) bond motifs is 1. The number of allylic oxidation sites excluding steroid dienone is 2. The molecule has 0 saturated heterocycles. The second-order valence-corrected chi connectivity index (χ2v) is 14.9. The lowest BCUT2D eigenvalue weighted by Gasteiger charge is -2.26. The Hall–Kier alpha value is -6.98. The van der Waals surface area contributed by atoms with Crippen molar-refractivity contribution in [2.45, 2.75) is 72.5 Å². The Labute approximate surface area is 331 Å². The molecule has 2 aromatic carbocycles. The van der Waals surface area contributed by atoms with Gasteiger partial charge in [0, 0.05) is 29.6 Å². The minimum absolute atomic E-state index is 0.127. The SMILES string of the molecule is CCn1nc(C)cc1C(=O)Nc1nc2c(OCC3(C/C=C\C[C@H]4COc5cc(C(N)=O)cc6nc(NC(=O)c7cc(C)nn7CC)n4c56)CC3)cc(C(N)=O)cc2[nH]1.